The number of nitrogens with one attached hydrogen (secondary N) is 1. The average molecular weight is 280 g/mol. The monoisotopic (exact) mass is 280 g/mol. The molecule has 2 heterocycles. The molecule has 0 bridgehead atoms. The highest BCUT2D eigenvalue weighted by molar-refractivity contribution is 7.09. The lowest BCUT2D eigenvalue weighted by atomic mass is 9.85. The molecule has 1 aromatic rings. The number of rotatable bonds is 7. The molecular weight excluding hydrogens is 252 g/mol. The van der Waals surface area contributed by atoms with Crippen LogP contribution in [0, 0.1) is 11.8 Å². The quantitative estimate of drug-likeness (QED) is 0.825. The topological polar surface area (TPSA) is 15.3 Å². The predicted molar refractivity (Wildman–Crippen MR) is 84.9 cm³/mol. The van der Waals surface area contributed by atoms with E-state index in [-0.39, 0.29) is 0 Å². The van der Waals surface area contributed by atoms with Gasteiger partial charge >= 0.3 is 0 Å². The Morgan fingerprint density at radius 2 is 2.37 bits per heavy atom. The maximum Gasteiger partial charge on any atom is 0.00579 e. The molecule has 0 aromatic carbocycles. The van der Waals surface area contributed by atoms with Gasteiger partial charge in [-0.25, -0.2) is 0 Å². The van der Waals surface area contributed by atoms with E-state index in [1.165, 1.54) is 56.7 Å². The molecule has 19 heavy (non-hydrogen) atoms. The van der Waals surface area contributed by atoms with Crippen molar-refractivity contribution in [3.63, 3.8) is 0 Å². The number of thiophene rings is 1. The van der Waals surface area contributed by atoms with Crippen LogP contribution in [0.1, 0.15) is 31.1 Å². The molecule has 1 aliphatic rings. The zero-order valence-corrected chi connectivity index (χ0v) is 13.2. The van der Waals surface area contributed by atoms with Crippen molar-refractivity contribution < 1.29 is 0 Å². The lowest BCUT2D eigenvalue weighted by Gasteiger charge is -2.29. The minimum absolute atomic E-state index is 0.858. The van der Waals surface area contributed by atoms with Gasteiger partial charge < -0.3 is 10.2 Å². The smallest absolute Gasteiger partial charge is 0.00579 e. The third-order valence-corrected chi connectivity index (χ3v) is 5.36. The van der Waals surface area contributed by atoms with Crippen molar-refractivity contribution in [3.05, 3.63) is 22.4 Å². The van der Waals surface area contributed by atoms with Crippen molar-refractivity contribution in [2.75, 3.05) is 33.2 Å². The van der Waals surface area contributed by atoms with Crippen molar-refractivity contribution in [1.82, 2.24) is 10.2 Å². The second-order valence-electron chi connectivity index (χ2n) is 6.01. The minimum atomic E-state index is 0.858. The van der Waals surface area contributed by atoms with E-state index in [2.05, 4.69) is 41.7 Å². The Labute approximate surface area is 122 Å². The molecule has 0 saturated carbocycles. The van der Waals surface area contributed by atoms with Crippen molar-refractivity contribution in [3.8, 4) is 0 Å². The van der Waals surface area contributed by atoms with Crippen molar-refractivity contribution in [2.45, 2.75) is 32.6 Å². The van der Waals surface area contributed by atoms with Crippen LogP contribution in [0.15, 0.2) is 17.5 Å². The van der Waals surface area contributed by atoms with Crippen LogP contribution in [0.4, 0.5) is 0 Å². The van der Waals surface area contributed by atoms with Crippen LogP contribution in [-0.2, 0) is 6.42 Å². The van der Waals surface area contributed by atoms with Gasteiger partial charge in [0.15, 0.2) is 0 Å². The number of piperidine rings is 1. The molecule has 0 amide bonds. The molecule has 0 radical (unpaired) electrons. The summed E-state index contributed by atoms with van der Waals surface area (Å²) in [5.41, 5.74) is 0. The maximum absolute atomic E-state index is 3.53. The van der Waals surface area contributed by atoms with Gasteiger partial charge in [-0.1, -0.05) is 13.0 Å². The van der Waals surface area contributed by atoms with E-state index in [4.69, 9.17) is 0 Å². The minimum Gasteiger partial charge on any atom is -0.316 e. The summed E-state index contributed by atoms with van der Waals surface area (Å²) in [6.07, 6.45) is 5.33. The Kier molecular flexibility index (Phi) is 6.35. The van der Waals surface area contributed by atoms with E-state index in [1.54, 1.807) is 0 Å². The summed E-state index contributed by atoms with van der Waals surface area (Å²) in [6, 6.07) is 4.40. The molecule has 1 fully saturated rings. The highest BCUT2D eigenvalue weighted by Crippen LogP contribution is 2.22. The summed E-state index contributed by atoms with van der Waals surface area (Å²) in [4.78, 5) is 4.00. The first-order valence-corrected chi connectivity index (χ1v) is 8.55. The molecule has 2 atom stereocenters. The largest absolute Gasteiger partial charge is 0.316 e. The number of hydrogen-bond donors (Lipinski definition) is 1. The predicted octanol–water partition coefficient (Wildman–Crippen LogP) is 3.25. The van der Waals surface area contributed by atoms with Gasteiger partial charge in [0.1, 0.15) is 0 Å². The third-order valence-electron chi connectivity index (χ3n) is 4.43. The second kappa shape index (κ2) is 8.03. The van der Waals surface area contributed by atoms with Gasteiger partial charge in [0.05, 0.1) is 0 Å². The molecule has 108 valence electrons. The molecule has 1 aromatic heterocycles. The van der Waals surface area contributed by atoms with Gasteiger partial charge in [0, 0.05) is 11.4 Å². The Hall–Kier alpha value is -0.380. The lowest BCUT2D eigenvalue weighted by Crippen LogP contribution is -2.34. The average Bonchev–Trinajstić information content (AvgIpc) is 2.96. The number of hydrogen-bond acceptors (Lipinski definition) is 3. The molecule has 1 N–H and O–H groups in total. The van der Waals surface area contributed by atoms with Crippen molar-refractivity contribution >= 4 is 11.3 Å². The normalized spacial score (nSPS) is 21.7. The molecule has 2 nitrogen and oxygen atoms in total. The van der Waals surface area contributed by atoms with E-state index in [0.29, 0.717) is 0 Å². The number of nitrogens with zero attached hydrogens (tertiary/aromatic N) is 1. The lowest BCUT2D eigenvalue weighted by molar-refractivity contribution is 0.233. The fourth-order valence-corrected chi connectivity index (χ4v) is 3.59. The number of likely N-dealkylation sites (N-methyl/N-ethyl adjacent to an activating group) is 1. The van der Waals surface area contributed by atoms with Gasteiger partial charge in [-0.15, -0.1) is 11.3 Å². The van der Waals surface area contributed by atoms with Crippen LogP contribution in [0.2, 0.25) is 0 Å². The Balaban J connectivity index is 1.60. The molecule has 2 rings (SSSR count). The molecule has 0 spiro atoms. The molecular formula is C16H28N2S. The first-order chi connectivity index (χ1) is 9.25. The van der Waals surface area contributed by atoms with Gasteiger partial charge in [0.2, 0.25) is 0 Å². The van der Waals surface area contributed by atoms with Crippen molar-refractivity contribution in [1.29, 1.82) is 0 Å². The summed E-state index contributed by atoms with van der Waals surface area (Å²) in [6.45, 7) is 7.33. The first-order valence-electron chi connectivity index (χ1n) is 7.67. The van der Waals surface area contributed by atoms with Crippen LogP contribution in [0.25, 0.3) is 0 Å². The van der Waals surface area contributed by atoms with Gasteiger partial charge in [0.25, 0.3) is 0 Å². The molecule has 0 aliphatic carbocycles. The van der Waals surface area contributed by atoms with Gasteiger partial charge in [-0.3, -0.25) is 0 Å². The zero-order valence-electron chi connectivity index (χ0n) is 12.4. The maximum atomic E-state index is 3.53. The van der Waals surface area contributed by atoms with E-state index in [0.717, 1.165) is 11.8 Å². The summed E-state index contributed by atoms with van der Waals surface area (Å²) in [5, 5.41) is 5.71. The molecule has 3 heteroatoms. The van der Waals surface area contributed by atoms with Gasteiger partial charge in [-0.05, 0) is 75.6 Å². The summed E-state index contributed by atoms with van der Waals surface area (Å²) in [7, 11) is 2.26. The first kappa shape index (κ1) is 15.0. The van der Waals surface area contributed by atoms with Crippen LogP contribution in [0.5, 0.6) is 0 Å². The van der Waals surface area contributed by atoms with Crippen molar-refractivity contribution in [2.24, 2.45) is 11.8 Å². The Bertz CT molecular complexity index is 331. The third kappa shape index (κ3) is 5.25. The van der Waals surface area contributed by atoms with Crippen LogP contribution >= 0.6 is 11.3 Å². The fourth-order valence-electron chi connectivity index (χ4n) is 2.89. The van der Waals surface area contributed by atoms with E-state index in [1.807, 2.05) is 11.3 Å². The fraction of sp³-hybridized carbons (Fsp3) is 0.750. The zero-order chi connectivity index (χ0) is 13.5. The summed E-state index contributed by atoms with van der Waals surface area (Å²) < 4.78 is 0. The molecule has 1 aliphatic heterocycles. The van der Waals surface area contributed by atoms with Crippen LogP contribution in [-0.4, -0.2) is 38.1 Å². The van der Waals surface area contributed by atoms with Crippen LogP contribution < -0.4 is 5.32 Å². The van der Waals surface area contributed by atoms with Gasteiger partial charge in [-0.2, -0.15) is 0 Å². The highest BCUT2D eigenvalue weighted by Gasteiger charge is 2.19. The van der Waals surface area contributed by atoms with E-state index < -0.39 is 0 Å². The van der Waals surface area contributed by atoms with E-state index in [9.17, 15) is 0 Å². The van der Waals surface area contributed by atoms with Crippen LogP contribution in [0.3, 0.4) is 0 Å². The second-order valence-corrected chi connectivity index (χ2v) is 7.04. The standard InChI is InChI=1S/C16H28N2S/c1-14(15-5-3-9-17-13-15)7-10-18(2)11-8-16-6-4-12-19-16/h4,6,12,14-15,17H,3,5,7-11,13H2,1-2H3. The van der Waals surface area contributed by atoms with E-state index >= 15 is 0 Å². The highest BCUT2D eigenvalue weighted by atomic mass is 32.1. The summed E-state index contributed by atoms with van der Waals surface area (Å²) in [5.74, 6) is 1.76. The Morgan fingerprint density at radius 1 is 1.47 bits per heavy atom. The summed E-state index contributed by atoms with van der Waals surface area (Å²) >= 11 is 1.88. The Morgan fingerprint density at radius 3 is 3.05 bits per heavy atom. The SMILES string of the molecule is CC(CCN(C)CCc1cccs1)C1CCCNC1. The molecule has 1 saturated heterocycles. The molecule has 2 unspecified atom stereocenters.